The molecule has 2 aromatic carbocycles. The number of aliphatic carboxylic acids is 2. The SMILES string of the molecule is CC[C@H](C)[C@H](NC(=O)[C@H](Cc1ccc(O)cc1)NC(=O)[C@@H](NC(=O)[C@H](CCCN=C(N)N)NC(=O)[C@@H](N)CC(=O)O)C(C)C)C(=O)N[C@@H](Cc1ncc[nH]1)C(=O)N1CCC[C@H]1C(=O)N[C@@H](Cc1ccccc1)C(=O)O. The number of nitrogens with zero attached hydrogens (tertiary/aromatic N) is 3. The highest BCUT2D eigenvalue weighted by Crippen LogP contribution is 2.21. The van der Waals surface area contributed by atoms with Gasteiger partial charge in [0.25, 0.3) is 0 Å². The van der Waals surface area contributed by atoms with Gasteiger partial charge in [-0.3, -0.25) is 43.3 Å². The number of carbonyl (C=O) groups excluding carboxylic acids is 7. The summed E-state index contributed by atoms with van der Waals surface area (Å²) in [5, 5.41) is 45.1. The molecule has 0 saturated carbocycles. The minimum absolute atomic E-state index is 0.00343. The van der Waals surface area contributed by atoms with Crippen molar-refractivity contribution in [3.05, 3.63) is 83.9 Å². The number of carboxylic acid groups (broad SMARTS) is 2. The van der Waals surface area contributed by atoms with E-state index in [1.54, 1.807) is 58.0 Å². The van der Waals surface area contributed by atoms with Gasteiger partial charge in [-0.15, -0.1) is 0 Å². The summed E-state index contributed by atoms with van der Waals surface area (Å²) in [6.45, 7) is 6.89. The van der Waals surface area contributed by atoms with Crippen molar-refractivity contribution in [2.45, 2.75) is 134 Å². The molecule has 1 aromatic heterocycles. The first-order chi connectivity index (χ1) is 35.6. The predicted octanol–water partition coefficient (Wildman–Crippen LogP) is -1.31. The second kappa shape index (κ2) is 29.0. The molecular weight excluding hydrogens is 975 g/mol. The number of rotatable bonds is 29. The largest absolute Gasteiger partial charge is 0.508 e. The Balaban J connectivity index is 1.59. The van der Waals surface area contributed by atoms with Gasteiger partial charge in [0.05, 0.1) is 12.5 Å². The summed E-state index contributed by atoms with van der Waals surface area (Å²) < 4.78 is 0. The smallest absolute Gasteiger partial charge is 0.326 e. The summed E-state index contributed by atoms with van der Waals surface area (Å²) in [6.07, 6.45) is 2.99. The molecule has 1 saturated heterocycles. The van der Waals surface area contributed by atoms with Gasteiger partial charge in [0.2, 0.25) is 41.4 Å². The van der Waals surface area contributed by atoms with Crippen LogP contribution in [0.3, 0.4) is 0 Å². The van der Waals surface area contributed by atoms with Crippen LogP contribution in [0.15, 0.2) is 72.0 Å². The molecule has 0 bridgehead atoms. The summed E-state index contributed by atoms with van der Waals surface area (Å²) >= 11 is 0. The maximum Gasteiger partial charge on any atom is 0.326 e. The maximum absolute atomic E-state index is 14.6. The van der Waals surface area contributed by atoms with Crippen molar-refractivity contribution in [1.82, 2.24) is 46.8 Å². The molecule has 1 aliphatic rings. The van der Waals surface area contributed by atoms with E-state index in [0.717, 1.165) is 0 Å². The average Bonchev–Trinajstić information content (AvgIpc) is 4.08. The minimum Gasteiger partial charge on any atom is -0.508 e. The lowest BCUT2D eigenvalue weighted by atomic mass is 9.96. The van der Waals surface area contributed by atoms with Crippen molar-refractivity contribution in [1.29, 1.82) is 0 Å². The minimum atomic E-state index is -1.51. The highest BCUT2D eigenvalue weighted by Gasteiger charge is 2.41. The van der Waals surface area contributed by atoms with Gasteiger partial charge < -0.3 is 74.3 Å². The number of imidazole rings is 1. The number of hydrogen-bond donors (Lipinski definition) is 13. The third-order valence-electron chi connectivity index (χ3n) is 12.7. The number of carbonyl (C=O) groups is 9. The zero-order valence-corrected chi connectivity index (χ0v) is 42.5. The van der Waals surface area contributed by atoms with E-state index in [4.69, 9.17) is 17.2 Å². The van der Waals surface area contributed by atoms with E-state index in [0.29, 0.717) is 29.8 Å². The standard InChI is InChI=1S/C50H71N13O12/c1-5-28(4)41(47(72)59-35(26-38-54-20-21-55-38)48(73)63-22-10-14-37(63)45(70)60-36(49(74)75)24-29-11-7-6-8-12-29)62-44(69)34(23-30-15-17-31(64)18-16-30)58-46(71)40(27(2)3)61-43(68)33(13-9-19-56-50(52)53)57-42(67)32(51)25-39(65)66/h6-8,11-12,15-18,20-21,27-28,32-37,40-41,64H,5,9-10,13-14,19,22-26,51H2,1-4H3,(H,54,55)(H,57,67)(H,58,71)(H,59,72)(H,60,70)(H,61,68)(H,62,69)(H,65,66)(H,74,75)(H4,52,53,56)/t28-,32-,33-,34-,35-,36-,37-,40-,41-/m0/s1. The number of nitrogens with one attached hydrogen (secondary N) is 7. The van der Waals surface area contributed by atoms with Crippen molar-refractivity contribution in [2.24, 2.45) is 34.0 Å². The van der Waals surface area contributed by atoms with Gasteiger partial charge in [0.1, 0.15) is 53.9 Å². The molecule has 2 heterocycles. The highest BCUT2D eigenvalue weighted by molar-refractivity contribution is 5.98. The lowest BCUT2D eigenvalue weighted by Gasteiger charge is -2.32. The van der Waals surface area contributed by atoms with E-state index >= 15 is 0 Å². The zero-order valence-electron chi connectivity index (χ0n) is 42.5. The first kappa shape index (κ1) is 59.5. The Hall–Kier alpha value is -8.09. The van der Waals surface area contributed by atoms with E-state index in [1.165, 1.54) is 41.6 Å². The molecule has 0 radical (unpaired) electrons. The number of aromatic amines is 1. The molecule has 16 N–H and O–H groups in total. The first-order valence-electron chi connectivity index (χ1n) is 24.8. The number of aromatic hydroxyl groups is 1. The summed E-state index contributed by atoms with van der Waals surface area (Å²) in [7, 11) is 0. The molecule has 0 spiro atoms. The van der Waals surface area contributed by atoms with E-state index < -0.39 is 120 Å². The Kier molecular flexibility index (Phi) is 23.0. The number of guanidine groups is 1. The summed E-state index contributed by atoms with van der Waals surface area (Å²) in [6, 6.07) is 3.91. The molecule has 0 unspecified atom stereocenters. The molecule has 408 valence electrons. The van der Waals surface area contributed by atoms with Crippen LogP contribution in [-0.2, 0) is 62.4 Å². The number of H-pyrrole nitrogens is 1. The van der Waals surface area contributed by atoms with Gasteiger partial charge in [-0.25, -0.2) is 9.78 Å². The van der Waals surface area contributed by atoms with Gasteiger partial charge in [-0.05, 0) is 60.8 Å². The van der Waals surface area contributed by atoms with E-state index in [2.05, 4.69) is 46.9 Å². The van der Waals surface area contributed by atoms with Gasteiger partial charge in [0, 0.05) is 44.7 Å². The van der Waals surface area contributed by atoms with Crippen LogP contribution in [-0.4, -0.2) is 151 Å². The molecule has 25 heteroatoms. The third kappa shape index (κ3) is 18.7. The molecule has 1 aliphatic heterocycles. The number of likely N-dealkylation sites (tertiary alicyclic amines) is 1. The van der Waals surface area contributed by atoms with Gasteiger partial charge >= 0.3 is 11.9 Å². The topological polar surface area (TPSA) is 409 Å². The van der Waals surface area contributed by atoms with Crippen LogP contribution in [0, 0.1) is 11.8 Å². The summed E-state index contributed by atoms with van der Waals surface area (Å²) in [5.74, 6) is -9.36. The molecule has 75 heavy (non-hydrogen) atoms. The number of phenolic OH excluding ortho intramolecular Hbond substituents is 1. The zero-order chi connectivity index (χ0) is 55.4. The molecule has 7 amide bonds. The number of phenols is 1. The fourth-order valence-electron chi connectivity index (χ4n) is 8.30. The molecule has 0 aliphatic carbocycles. The van der Waals surface area contributed by atoms with E-state index in [9.17, 15) is 58.5 Å². The Morgan fingerprint density at radius 2 is 1.35 bits per heavy atom. The number of carboxylic acids is 2. The lowest BCUT2D eigenvalue weighted by molar-refractivity contribution is -0.145. The third-order valence-corrected chi connectivity index (χ3v) is 12.7. The number of hydrogen-bond acceptors (Lipinski definition) is 13. The second-order valence-corrected chi connectivity index (χ2v) is 18.8. The Bertz CT molecular complexity index is 2450. The second-order valence-electron chi connectivity index (χ2n) is 18.8. The van der Waals surface area contributed by atoms with Crippen LogP contribution in [0.2, 0.25) is 0 Å². The van der Waals surface area contributed by atoms with E-state index in [-0.39, 0.29) is 63.3 Å². The number of nitrogens with two attached hydrogens (primary N) is 3. The van der Waals surface area contributed by atoms with Crippen LogP contribution >= 0.6 is 0 Å². The summed E-state index contributed by atoms with van der Waals surface area (Å²) in [4.78, 5) is 134. The van der Waals surface area contributed by atoms with Crippen LogP contribution in [0.25, 0.3) is 0 Å². The average molecular weight is 1050 g/mol. The fraction of sp³-hybridized carbons (Fsp3) is 0.500. The van der Waals surface area contributed by atoms with Crippen molar-refractivity contribution >= 4 is 59.2 Å². The Morgan fingerprint density at radius 3 is 1.95 bits per heavy atom. The molecule has 4 rings (SSSR count). The van der Waals surface area contributed by atoms with Crippen molar-refractivity contribution < 1.29 is 58.5 Å². The Labute approximate surface area is 434 Å². The van der Waals surface area contributed by atoms with Crippen molar-refractivity contribution in [3.8, 4) is 5.75 Å². The fourth-order valence-corrected chi connectivity index (χ4v) is 8.30. The van der Waals surface area contributed by atoms with Gasteiger partial charge in [-0.2, -0.15) is 0 Å². The maximum atomic E-state index is 14.6. The highest BCUT2D eigenvalue weighted by atomic mass is 16.4. The number of aromatic nitrogens is 2. The molecular formula is C50H71N13O12. The normalized spacial score (nSPS) is 16.3. The van der Waals surface area contributed by atoms with Crippen LogP contribution in [0.4, 0.5) is 0 Å². The lowest BCUT2D eigenvalue weighted by Crippen LogP contribution is -2.62. The molecule has 25 nitrogen and oxygen atoms in total. The van der Waals surface area contributed by atoms with Crippen LogP contribution < -0.4 is 49.1 Å². The van der Waals surface area contributed by atoms with Gasteiger partial charge in [-0.1, -0.05) is 76.6 Å². The van der Waals surface area contributed by atoms with Crippen LogP contribution in [0.1, 0.15) is 83.2 Å². The number of amides is 7. The summed E-state index contributed by atoms with van der Waals surface area (Å²) in [5.41, 5.74) is 17.8. The Morgan fingerprint density at radius 1 is 0.747 bits per heavy atom. The molecule has 9 atom stereocenters. The first-order valence-corrected chi connectivity index (χ1v) is 24.8. The van der Waals surface area contributed by atoms with Crippen LogP contribution in [0.5, 0.6) is 5.75 Å². The van der Waals surface area contributed by atoms with Gasteiger partial charge in [0.15, 0.2) is 5.96 Å². The predicted molar refractivity (Wildman–Crippen MR) is 273 cm³/mol. The number of aliphatic imine (C=N–C) groups is 1. The van der Waals surface area contributed by atoms with Crippen molar-refractivity contribution in [3.63, 3.8) is 0 Å². The quantitative estimate of drug-likeness (QED) is 0.0218. The molecule has 1 fully saturated rings. The molecule has 3 aromatic rings. The van der Waals surface area contributed by atoms with E-state index in [1.807, 2.05) is 0 Å². The monoisotopic (exact) mass is 1050 g/mol. The number of benzene rings is 2. The van der Waals surface area contributed by atoms with Crippen molar-refractivity contribution in [2.75, 3.05) is 13.1 Å².